The van der Waals surface area contributed by atoms with Crippen LogP contribution in [0.1, 0.15) is 33.6 Å². The first kappa shape index (κ1) is 16.2. The molecule has 2 amide bonds. The summed E-state index contributed by atoms with van der Waals surface area (Å²) in [7, 11) is 0. The van der Waals surface area contributed by atoms with Crippen molar-refractivity contribution in [3.63, 3.8) is 0 Å². The van der Waals surface area contributed by atoms with Gasteiger partial charge < -0.3 is 5.11 Å². The van der Waals surface area contributed by atoms with Gasteiger partial charge in [-0.2, -0.15) is 0 Å². The predicted octanol–water partition coefficient (Wildman–Crippen LogP) is 1.79. The number of hydrogen-bond acceptors (Lipinski definition) is 4. The molecule has 7 heteroatoms. The number of aryl methyl sites for hydroxylation is 1. The second-order valence-corrected chi connectivity index (χ2v) is 6.35. The van der Waals surface area contributed by atoms with E-state index in [1.54, 1.807) is 17.5 Å². The number of carboxylic acids is 1. The number of carbonyl (C=O) groups is 3. The fourth-order valence-electron chi connectivity index (χ4n) is 2.39. The standard InChI is InChI=1S/C15H18N2O4S/c1-8-9(2)22-7-12(8)14(19)17-16-13(18)10-5-3-4-6-11(10)15(20)21/h3-4,7,10-11H,5-6H2,1-2H3,(H,16,18)(H,17,19)(H,20,21)/t10-,11-/m1/s1. The van der Waals surface area contributed by atoms with Crippen molar-refractivity contribution in [3.8, 4) is 0 Å². The zero-order chi connectivity index (χ0) is 16.3. The Bertz CT molecular complexity index is 635. The molecule has 2 rings (SSSR count). The maximum atomic E-state index is 12.1. The lowest BCUT2D eigenvalue weighted by Gasteiger charge is -2.24. The third kappa shape index (κ3) is 3.36. The fourth-order valence-corrected chi connectivity index (χ4v) is 3.26. The number of nitrogens with one attached hydrogen (secondary N) is 2. The van der Waals surface area contributed by atoms with Crippen LogP contribution in [0.3, 0.4) is 0 Å². The van der Waals surface area contributed by atoms with Crippen LogP contribution in [0.2, 0.25) is 0 Å². The van der Waals surface area contributed by atoms with Gasteiger partial charge in [-0.3, -0.25) is 25.2 Å². The largest absolute Gasteiger partial charge is 0.481 e. The number of aliphatic carboxylic acids is 1. The lowest BCUT2D eigenvalue weighted by molar-refractivity contribution is -0.147. The first-order chi connectivity index (χ1) is 10.4. The fraction of sp³-hybridized carbons (Fsp3) is 0.400. The third-order valence-corrected chi connectivity index (χ3v) is 4.93. The first-order valence-electron chi connectivity index (χ1n) is 6.94. The summed E-state index contributed by atoms with van der Waals surface area (Å²) in [4.78, 5) is 36.4. The van der Waals surface area contributed by atoms with Crippen LogP contribution in [0.4, 0.5) is 0 Å². The van der Waals surface area contributed by atoms with Gasteiger partial charge >= 0.3 is 5.97 Å². The zero-order valence-electron chi connectivity index (χ0n) is 12.4. The van der Waals surface area contributed by atoms with Gasteiger partial charge in [-0.15, -0.1) is 11.3 Å². The molecule has 0 bridgehead atoms. The monoisotopic (exact) mass is 322 g/mol. The Hall–Kier alpha value is -2.15. The molecule has 0 fully saturated rings. The number of hydrogen-bond donors (Lipinski definition) is 3. The minimum Gasteiger partial charge on any atom is -0.481 e. The van der Waals surface area contributed by atoms with E-state index in [0.717, 1.165) is 10.4 Å². The predicted molar refractivity (Wildman–Crippen MR) is 82.4 cm³/mol. The molecule has 22 heavy (non-hydrogen) atoms. The second-order valence-electron chi connectivity index (χ2n) is 5.27. The molecule has 1 aliphatic carbocycles. The molecule has 6 nitrogen and oxygen atoms in total. The first-order valence-corrected chi connectivity index (χ1v) is 7.82. The van der Waals surface area contributed by atoms with Crippen molar-refractivity contribution in [3.05, 3.63) is 33.5 Å². The van der Waals surface area contributed by atoms with E-state index in [4.69, 9.17) is 5.11 Å². The van der Waals surface area contributed by atoms with Crippen molar-refractivity contribution in [1.29, 1.82) is 0 Å². The molecule has 0 spiro atoms. The lowest BCUT2D eigenvalue weighted by Crippen LogP contribution is -2.47. The summed E-state index contributed by atoms with van der Waals surface area (Å²) < 4.78 is 0. The van der Waals surface area contributed by atoms with Crippen LogP contribution in [0.15, 0.2) is 17.5 Å². The Kier molecular flexibility index (Phi) is 4.97. The molecule has 1 aliphatic rings. The van der Waals surface area contributed by atoms with E-state index in [9.17, 15) is 14.4 Å². The maximum Gasteiger partial charge on any atom is 0.307 e. The summed E-state index contributed by atoms with van der Waals surface area (Å²) in [6.07, 6.45) is 4.23. The average molecular weight is 322 g/mol. The van der Waals surface area contributed by atoms with E-state index in [1.165, 1.54) is 11.3 Å². The van der Waals surface area contributed by atoms with Gasteiger partial charge in [0.1, 0.15) is 0 Å². The van der Waals surface area contributed by atoms with Gasteiger partial charge in [0, 0.05) is 10.3 Å². The Balaban J connectivity index is 1.97. The highest BCUT2D eigenvalue weighted by atomic mass is 32.1. The van der Waals surface area contributed by atoms with Crippen LogP contribution in [0.25, 0.3) is 0 Å². The quantitative estimate of drug-likeness (QED) is 0.584. The summed E-state index contributed by atoms with van der Waals surface area (Å²) in [5.74, 6) is -3.30. The number of carboxylic acid groups (broad SMARTS) is 1. The zero-order valence-corrected chi connectivity index (χ0v) is 13.2. The molecule has 3 N–H and O–H groups in total. The normalized spacial score (nSPS) is 20.5. The molecule has 1 heterocycles. The van der Waals surface area contributed by atoms with E-state index in [2.05, 4.69) is 10.9 Å². The SMILES string of the molecule is Cc1scc(C(=O)NNC(=O)[C@@H]2CC=CC[C@H]2C(=O)O)c1C. The van der Waals surface area contributed by atoms with Crippen LogP contribution in [-0.2, 0) is 9.59 Å². The number of amides is 2. The summed E-state index contributed by atoms with van der Waals surface area (Å²) in [5.41, 5.74) is 6.09. The molecule has 1 aromatic rings. The maximum absolute atomic E-state index is 12.1. The number of rotatable bonds is 3. The van der Waals surface area contributed by atoms with Crippen molar-refractivity contribution in [2.45, 2.75) is 26.7 Å². The van der Waals surface area contributed by atoms with Crippen LogP contribution < -0.4 is 10.9 Å². The topological polar surface area (TPSA) is 95.5 Å². The molecule has 0 radical (unpaired) electrons. The minimum atomic E-state index is -1.000. The van der Waals surface area contributed by atoms with Gasteiger partial charge in [-0.1, -0.05) is 12.2 Å². The van der Waals surface area contributed by atoms with E-state index < -0.39 is 29.6 Å². The van der Waals surface area contributed by atoms with Crippen molar-refractivity contribution in [2.24, 2.45) is 11.8 Å². The van der Waals surface area contributed by atoms with E-state index >= 15 is 0 Å². The highest BCUT2D eigenvalue weighted by molar-refractivity contribution is 7.10. The van der Waals surface area contributed by atoms with Crippen molar-refractivity contribution >= 4 is 29.1 Å². The van der Waals surface area contributed by atoms with E-state index in [-0.39, 0.29) is 0 Å². The van der Waals surface area contributed by atoms with Gasteiger partial charge in [0.05, 0.1) is 17.4 Å². The molecular formula is C15H18N2O4S. The molecule has 118 valence electrons. The number of allylic oxidation sites excluding steroid dienone is 2. The van der Waals surface area contributed by atoms with Crippen LogP contribution in [-0.4, -0.2) is 22.9 Å². The van der Waals surface area contributed by atoms with Crippen molar-refractivity contribution in [1.82, 2.24) is 10.9 Å². The average Bonchev–Trinajstić information content (AvgIpc) is 2.84. The third-order valence-electron chi connectivity index (χ3n) is 3.92. The van der Waals surface area contributed by atoms with Crippen LogP contribution >= 0.6 is 11.3 Å². The second kappa shape index (κ2) is 6.74. The van der Waals surface area contributed by atoms with Gasteiger partial charge in [-0.25, -0.2) is 0 Å². The van der Waals surface area contributed by atoms with Gasteiger partial charge in [0.15, 0.2) is 0 Å². The van der Waals surface area contributed by atoms with Gasteiger partial charge in [-0.05, 0) is 32.3 Å². The Morgan fingerprint density at radius 2 is 1.77 bits per heavy atom. The number of thiophene rings is 1. The number of hydrazine groups is 1. The van der Waals surface area contributed by atoms with Crippen LogP contribution in [0, 0.1) is 25.7 Å². The minimum absolute atomic E-state index is 0.324. The molecule has 0 unspecified atom stereocenters. The summed E-state index contributed by atoms with van der Waals surface area (Å²) in [5, 5.41) is 10.9. The molecule has 0 saturated heterocycles. The molecule has 0 aromatic carbocycles. The van der Waals surface area contributed by atoms with Gasteiger partial charge in [0.25, 0.3) is 5.91 Å². The van der Waals surface area contributed by atoms with Crippen LogP contribution in [0.5, 0.6) is 0 Å². The Labute approximate surface area is 132 Å². The Morgan fingerprint density at radius 1 is 1.14 bits per heavy atom. The summed E-state index contributed by atoms with van der Waals surface area (Å²) in [6, 6.07) is 0. The molecular weight excluding hydrogens is 304 g/mol. The highest BCUT2D eigenvalue weighted by Gasteiger charge is 2.34. The Morgan fingerprint density at radius 3 is 2.32 bits per heavy atom. The van der Waals surface area contributed by atoms with Gasteiger partial charge in [0.2, 0.25) is 5.91 Å². The van der Waals surface area contributed by atoms with E-state index in [0.29, 0.717) is 18.4 Å². The molecule has 2 atom stereocenters. The lowest BCUT2D eigenvalue weighted by atomic mass is 9.82. The summed E-state index contributed by atoms with van der Waals surface area (Å²) in [6.45, 7) is 3.76. The van der Waals surface area contributed by atoms with Crippen molar-refractivity contribution < 1.29 is 19.5 Å². The molecule has 0 saturated carbocycles. The van der Waals surface area contributed by atoms with E-state index in [1.807, 2.05) is 13.8 Å². The molecule has 0 aliphatic heterocycles. The molecule has 1 aromatic heterocycles. The number of carbonyl (C=O) groups excluding carboxylic acids is 2. The highest BCUT2D eigenvalue weighted by Crippen LogP contribution is 2.26. The smallest absolute Gasteiger partial charge is 0.307 e. The summed E-state index contributed by atoms with van der Waals surface area (Å²) >= 11 is 1.47. The van der Waals surface area contributed by atoms with Crippen molar-refractivity contribution in [2.75, 3.05) is 0 Å².